The van der Waals surface area contributed by atoms with E-state index in [-0.39, 0.29) is 22.8 Å². The third-order valence-electron chi connectivity index (χ3n) is 7.43. The Bertz CT molecular complexity index is 1440. The summed E-state index contributed by atoms with van der Waals surface area (Å²) >= 11 is 5.89. The first-order valence-electron chi connectivity index (χ1n) is 12.8. The van der Waals surface area contributed by atoms with E-state index in [1.165, 1.54) is 6.07 Å². The fraction of sp³-hybridized carbons (Fsp3) is 0.379. The Kier molecular flexibility index (Phi) is 6.74. The number of carbonyl (C=O) groups excluding carboxylic acids is 1. The molecule has 3 aromatic rings. The zero-order chi connectivity index (χ0) is 28.1. The Hall–Kier alpha value is -3.72. The summed E-state index contributed by atoms with van der Waals surface area (Å²) in [5.74, 6) is -0.764. The number of hydrogen-bond acceptors (Lipinski definition) is 6. The van der Waals surface area contributed by atoms with Crippen LogP contribution in [-0.2, 0) is 16.6 Å². The summed E-state index contributed by atoms with van der Waals surface area (Å²) in [6.45, 7) is 10.4. The van der Waals surface area contributed by atoms with Crippen LogP contribution in [0.25, 0.3) is 0 Å². The van der Waals surface area contributed by atoms with Gasteiger partial charge >= 0.3 is 5.97 Å². The number of halogens is 2. The van der Waals surface area contributed by atoms with E-state index in [0.717, 1.165) is 17.2 Å². The van der Waals surface area contributed by atoms with Crippen LogP contribution in [-0.4, -0.2) is 63.6 Å². The fourth-order valence-corrected chi connectivity index (χ4v) is 5.59. The molecule has 0 bridgehead atoms. The minimum atomic E-state index is -0.895. The molecular weight excluding hydrogens is 521 g/mol. The maximum Gasteiger partial charge on any atom is 0.307 e. The van der Waals surface area contributed by atoms with Gasteiger partial charge < -0.3 is 19.8 Å². The first-order valence-corrected chi connectivity index (χ1v) is 13.2. The molecule has 204 valence electrons. The van der Waals surface area contributed by atoms with Crippen LogP contribution in [0.1, 0.15) is 49.4 Å². The fourth-order valence-electron chi connectivity index (χ4n) is 5.47. The Morgan fingerprint density at radius 2 is 1.82 bits per heavy atom. The molecule has 39 heavy (non-hydrogen) atoms. The average Bonchev–Trinajstić information content (AvgIpc) is 3.15. The summed E-state index contributed by atoms with van der Waals surface area (Å²) in [7, 11) is 0. The number of carbonyl (C=O) groups is 2. The van der Waals surface area contributed by atoms with E-state index < -0.39 is 17.3 Å². The van der Waals surface area contributed by atoms with E-state index in [9.17, 15) is 14.0 Å². The smallest absolute Gasteiger partial charge is 0.307 e. The van der Waals surface area contributed by atoms with Crippen molar-refractivity contribution >= 4 is 40.7 Å². The van der Waals surface area contributed by atoms with Gasteiger partial charge in [0.25, 0.3) is 5.91 Å². The van der Waals surface area contributed by atoms with Crippen molar-refractivity contribution in [2.24, 2.45) is 0 Å². The molecule has 1 aromatic carbocycles. The molecule has 1 saturated heterocycles. The van der Waals surface area contributed by atoms with Crippen molar-refractivity contribution in [3.63, 3.8) is 0 Å². The Labute approximate surface area is 232 Å². The summed E-state index contributed by atoms with van der Waals surface area (Å²) in [6.07, 6.45) is 1.52. The van der Waals surface area contributed by atoms with Crippen LogP contribution in [0.4, 0.5) is 21.6 Å². The maximum atomic E-state index is 14.2. The van der Waals surface area contributed by atoms with Crippen LogP contribution in [0.3, 0.4) is 0 Å². The highest BCUT2D eigenvalue weighted by Crippen LogP contribution is 2.44. The molecule has 0 radical (unpaired) electrons. The number of nitrogens with zero attached hydrogens (tertiary/aromatic N) is 5. The summed E-state index contributed by atoms with van der Waals surface area (Å²) < 4.78 is 14.2. The molecule has 1 amide bonds. The molecule has 0 atom stereocenters. The lowest BCUT2D eigenvalue weighted by atomic mass is 9.91. The molecule has 8 nitrogen and oxygen atoms in total. The van der Waals surface area contributed by atoms with Crippen LogP contribution in [0.15, 0.2) is 48.7 Å². The normalized spacial score (nSPS) is 17.7. The van der Waals surface area contributed by atoms with E-state index in [4.69, 9.17) is 21.7 Å². The first-order chi connectivity index (χ1) is 18.4. The molecule has 0 saturated carbocycles. The van der Waals surface area contributed by atoms with Gasteiger partial charge in [-0.3, -0.25) is 9.59 Å². The largest absolute Gasteiger partial charge is 0.481 e. The number of hydrogen-bond donors (Lipinski definition) is 1. The molecule has 10 heteroatoms. The number of anilines is 3. The van der Waals surface area contributed by atoms with Gasteiger partial charge in [-0.2, -0.15) is 0 Å². The van der Waals surface area contributed by atoms with Crippen molar-refractivity contribution in [1.29, 1.82) is 0 Å². The van der Waals surface area contributed by atoms with Gasteiger partial charge in [-0.1, -0.05) is 31.5 Å². The van der Waals surface area contributed by atoms with Gasteiger partial charge in [-0.25, -0.2) is 14.4 Å². The predicted octanol–water partition coefficient (Wildman–Crippen LogP) is 5.07. The lowest BCUT2D eigenvalue weighted by Crippen LogP contribution is -2.61. The highest BCUT2D eigenvalue weighted by Gasteiger charge is 2.41. The lowest BCUT2D eigenvalue weighted by Gasteiger charge is -2.47. The topological polar surface area (TPSA) is 89.9 Å². The molecule has 2 aromatic heterocycles. The molecule has 2 aliphatic rings. The molecule has 2 aliphatic heterocycles. The minimum absolute atomic E-state index is 0.0695. The van der Waals surface area contributed by atoms with E-state index >= 15 is 0 Å². The second-order valence-electron chi connectivity index (χ2n) is 11.4. The second-order valence-corrected chi connectivity index (χ2v) is 11.8. The average molecular weight is 552 g/mol. The number of benzene rings is 1. The Morgan fingerprint density at radius 1 is 1.05 bits per heavy atom. The third-order valence-corrected chi connectivity index (χ3v) is 7.74. The monoisotopic (exact) mass is 551 g/mol. The Balaban J connectivity index is 1.36. The molecular formula is C29H31ClFN5O3. The van der Waals surface area contributed by atoms with Gasteiger partial charge in [0.05, 0.1) is 28.4 Å². The molecule has 0 unspecified atom stereocenters. The molecule has 4 heterocycles. The SMILES string of the molecule is CC1(C)CN(c2ccc(Cl)c(F)c2)c2ccc(C(=O)N3CCN(c4ccc(CC(=O)O)cn4)CC3(C)C)nc21. The van der Waals surface area contributed by atoms with E-state index in [1.807, 2.05) is 35.8 Å². The highest BCUT2D eigenvalue weighted by molar-refractivity contribution is 6.30. The van der Waals surface area contributed by atoms with Crippen molar-refractivity contribution in [1.82, 2.24) is 14.9 Å². The summed E-state index contributed by atoms with van der Waals surface area (Å²) in [5, 5.41) is 9.07. The zero-order valence-corrected chi connectivity index (χ0v) is 23.2. The second kappa shape index (κ2) is 9.79. The van der Waals surface area contributed by atoms with Gasteiger partial charge in [0.2, 0.25) is 0 Å². The number of carboxylic acid groups (broad SMARTS) is 1. The quantitative estimate of drug-likeness (QED) is 0.473. The van der Waals surface area contributed by atoms with Crippen LogP contribution < -0.4 is 9.80 Å². The van der Waals surface area contributed by atoms with Gasteiger partial charge in [0, 0.05) is 43.5 Å². The van der Waals surface area contributed by atoms with Gasteiger partial charge in [0.15, 0.2) is 0 Å². The predicted molar refractivity (Wildman–Crippen MR) is 149 cm³/mol. The lowest BCUT2D eigenvalue weighted by molar-refractivity contribution is -0.136. The number of pyridine rings is 2. The number of fused-ring (bicyclic) bond motifs is 1. The molecule has 0 spiro atoms. The van der Waals surface area contributed by atoms with E-state index in [1.54, 1.807) is 30.5 Å². The standard InChI is InChI=1S/C29H31ClFN5O3/c1-28(2)16-35(19-6-7-20(30)21(31)14-19)23-9-8-22(33-26(23)28)27(39)36-12-11-34(17-29(36,3)4)24-10-5-18(15-32-24)13-25(37)38/h5-10,14-15H,11-13,16-17H2,1-4H3,(H,37,38). The van der Waals surface area contributed by atoms with Crippen molar-refractivity contribution in [3.8, 4) is 0 Å². The summed E-state index contributed by atoms with van der Waals surface area (Å²) in [4.78, 5) is 40.0. The van der Waals surface area contributed by atoms with E-state index in [0.29, 0.717) is 43.1 Å². The summed E-state index contributed by atoms with van der Waals surface area (Å²) in [6, 6.07) is 12.0. The van der Waals surface area contributed by atoms with Crippen LogP contribution in [0.2, 0.25) is 5.02 Å². The minimum Gasteiger partial charge on any atom is -0.481 e. The molecule has 5 rings (SSSR count). The highest BCUT2D eigenvalue weighted by atomic mass is 35.5. The van der Waals surface area contributed by atoms with Crippen molar-refractivity contribution in [3.05, 3.63) is 76.5 Å². The number of carboxylic acids is 1. The third kappa shape index (κ3) is 5.15. The van der Waals surface area contributed by atoms with Crippen molar-refractivity contribution < 1.29 is 19.1 Å². The van der Waals surface area contributed by atoms with Crippen LogP contribution >= 0.6 is 11.6 Å². The van der Waals surface area contributed by atoms with Crippen LogP contribution in [0, 0.1) is 5.82 Å². The summed E-state index contributed by atoms with van der Waals surface area (Å²) in [5.41, 5.74) is 2.50. The van der Waals surface area contributed by atoms with Crippen molar-refractivity contribution in [2.45, 2.75) is 45.1 Å². The number of rotatable bonds is 5. The first kappa shape index (κ1) is 26.9. The van der Waals surface area contributed by atoms with Crippen molar-refractivity contribution in [2.75, 3.05) is 36.0 Å². The van der Waals surface area contributed by atoms with Gasteiger partial charge in [-0.15, -0.1) is 0 Å². The number of piperazine rings is 1. The molecule has 0 aliphatic carbocycles. The maximum absolute atomic E-state index is 14.2. The number of aliphatic carboxylic acids is 1. The zero-order valence-electron chi connectivity index (χ0n) is 22.4. The van der Waals surface area contributed by atoms with Gasteiger partial charge in [0.1, 0.15) is 17.3 Å². The Morgan fingerprint density at radius 3 is 2.46 bits per heavy atom. The molecule has 1 N–H and O–H groups in total. The van der Waals surface area contributed by atoms with Gasteiger partial charge in [-0.05, 0) is 55.8 Å². The number of amides is 1. The van der Waals surface area contributed by atoms with Crippen LogP contribution in [0.5, 0.6) is 0 Å². The van der Waals surface area contributed by atoms with E-state index in [2.05, 4.69) is 23.7 Å². The number of aromatic nitrogens is 2. The molecule has 1 fully saturated rings.